The maximum absolute atomic E-state index is 14.9. The third-order valence-corrected chi connectivity index (χ3v) is 8.93. The number of halogens is 2. The first-order valence-electron chi connectivity index (χ1n) is 11.7. The van der Waals surface area contributed by atoms with E-state index < -0.39 is 52.6 Å². The molecule has 3 atom stereocenters. The van der Waals surface area contributed by atoms with Crippen molar-refractivity contribution in [3.8, 4) is 11.6 Å². The molecule has 3 aromatic rings. The number of aromatic nitrogens is 1. The molecule has 2 aliphatic rings. The van der Waals surface area contributed by atoms with E-state index in [4.69, 9.17) is 21.1 Å². The second kappa shape index (κ2) is 9.78. The number of carboxylic acids is 1. The van der Waals surface area contributed by atoms with Crippen LogP contribution in [0, 0.1) is 0 Å². The molecule has 1 amide bonds. The minimum atomic E-state index is -4.56. The number of pyridine rings is 1. The average Bonchev–Trinajstić information content (AvgIpc) is 3.44. The molecule has 0 saturated carbocycles. The molecule has 0 radical (unpaired) electrons. The minimum absolute atomic E-state index is 0.0498. The highest BCUT2D eigenvalue weighted by atomic mass is 35.5. The molecular weight excluding hydrogens is 553 g/mol. The van der Waals surface area contributed by atoms with Gasteiger partial charge in [-0.25, -0.2) is 22.1 Å². The number of fused-ring (bicyclic) bond motifs is 1. The van der Waals surface area contributed by atoms with Crippen molar-refractivity contribution >= 4 is 39.2 Å². The Morgan fingerprint density at radius 3 is 2.49 bits per heavy atom. The van der Waals surface area contributed by atoms with Crippen molar-refractivity contribution < 1.29 is 37.0 Å². The molecule has 1 fully saturated rings. The van der Waals surface area contributed by atoms with E-state index in [-0.39, 0.29) is 32.6 Å². The summed E-state index contributed by atoms with van der Waals surface area (Å²) in [6.45, 7) is -0.469. The van der Waals surface area contributed by atoms with Crippen molar-refractivity contribution in [3.63, 3.8) is 0 Å². The van der Waals surface area contributed by atoms with Gasteiger partial charge >= 0.3 is 5.97 Å². The van der Waals surface area contributed by atoms with Crippen molar-refractivity contribution in [2.24, 2.45) is 0 Å². The molecular formula is C26H23ClFN3O7S. The van der Waals surface area contributed by atoms with Gasteiger partial charge in [-0.05, 0) is 54.6 Å². The Hall–Kier alpha value is -3.74. The van der Waals surface area contributed by atoms with Gasteiger partial charge in [-0.15, -0.1) is 0 Å². The van der Waals surface area contributed by atoms with Crippen molar-refractivity contribution in [1.82, 2.24) is 9.88 Å². The molecule has 1 N–H and O–H groups in total. The number of anilines is 1. The van der Waals surface area contributed by atoms with Crippen LogP contribution in [0.3, 0.4) is 0 Å². The normalized spacial score (nSPS) is 23.1. The number of carbonyl (C=O) groups is 2. The van der Waals surface area contributed by atoms with Crippen LogP contribution in [0.25, 0.3) is 0 Å². The highest BCUT2D eigenvalue weighted by molar-refractivity contribution is 7.93. The van der Waals surface area contributed by atoms with Gasteiger partial charge in [-0.3, -0.25) is 14.5 Å². The van der Waals surface area contributed by atoms with E-state index in [2.05, 4.69) is 4.98 Å². The fourth-order valence-electron chi connectivity index (χ4n) is 5.35. The molecule has 13 heteroatoms. The standard InChI is InChI=1S/C26H23ClFN3O7S/c1-37-17-6-8-18(9-7-17)39(35,36)31-21-10-5-15(27)12-20(21)26(25(31)34,19-4-3-11-29-23(19)38-2)30-14-16(28)13-22(30)24(32)33/h3-12,16,22H,13-14H2,1-2H3,(H,32,33)/t16-,22+,26?/m1/s1. The van der Waals surface area contributed by atoms with Gasteiger partial charge in [-0.2, -0.15) is 0 Å². The van der Waals surface area contributed by atoms with Crippen molar-refractivity contribution in [2.45, 2.75) is 29.1 Å². The van der Waals surface area contributed by atoms with E-state index in [9.17, 15) is 27.5 Å². The van der Waals surface area contributed by atoms with E-state index in [1.54, 1.807) is 0 Å². The number of ether oxygens (including phenoxy) is 2. The first-order valence-corrected chi connectivity index (χ1v) is 13.6. The molecule has 1 saturated heterocycles. The van der Waals surface area contributed by atoms with Crippen molar-refractivity contribution in [1.29, 1.82) is 0 Å². The lowest BCUT2D eigenvalue weighted by atomic mass is 9.81. The number of nitrogens with zero attached hydrogens (tertiary/aromatic N) is 3. The van der Waals surface area contributed by atoms with Gasteiger partial charge < -0.3 is 14.6 Å². The van der Waals surface area contributed by atoms with E-state index in [1.165, 1.54) is 79.9 Å². The second-order valence-electron chi connectivity index (χ2n) is 9.02. The van der Waals surface area contributed by atoms with Crippen LogP contribution in [0.5, 0.6) is 11.6 Å². The lowest BCUT2D eigenvalue weighted by Gasteiger charge is -2.40. The molecule has 0 spiro atoms. The number of carbonyl (C=O) groups excluding carboxylic acids is 1. The van der Waals surface area contributed by atoms with Gasteiger partial charge in [0, 0.05) is 35.3 Å². The molecule has 39 heavy (non-hydrogen) atoms. The number of sulfonamides is 1. The summed E-state index contributed by atoms with van der Waals surface area (Å²) in [6, 6.07) is 11.1. The third-order valence-electron chi connectivity index (χ3n) is 6.98. The quantitative estimate of drug-likeness (QED) is 0.452. The molecule has 1 aromatic heterocycles. The average molecular weight is 576 g/mol. The number of likely N-dealkylation sites (tertiary alicyclic amines) is 1. The van der Waals surface area contributed by atoms with Gasteiger partial charge in [0.2, 0.25) is 5.88 Å². The Bertz CT molecular complexity index is 1570. The van der Waals surface area contributed by atoms with Crippen LogP contribution in [-0.2, 0) is 25.2 Å². The first-order chi connectivity index (χ1) is 18.6. The van der Waals surface area contributed by atoms with Crippen molar-refractivity contribution in [2.75, 3.05) is 25.1 Å². The Morgan fingerprint density at radius 1 is 1.13 bits per heavy atom. The van der Waals surface area contributed by atoms with Gasteiger partial charge in [0.05, 0.1) is 24.8 Å². The van der Waals surface area contributed by atoms with E-state index in [0.29, 0.717) is 10.1 Å². The fraction of sp³-hybridized carbons (Fsp3) is 0.269. The summed E-state index contributed by atoms with van der Waals surface area (Å²) in [5.41, 5.74) is -2.10. The smallest absolute Gasteiger partial charge is 0.321 e. The maximum Gasteiger partial charge on any atom is 0.321 e. The number of aliphatic carboxylic acids is 1. The second-order valence-corrected chi connectivity index (χ2v) is 11.2. The summed E-state index contributed by atoms with van der Waals surface area (Å²) >= 11 is 6.36. The highest BCUT2D eigenvalue weighted by Crippen LogP contribution is 2.54. The predicted molar refractivity (Wildman–Crippen MR) is 138 cm³/mol. The Morgan fingerprint density at radius 2 is 1.85 bits per heavy atom. The number of amides is 1. The number of methoxy groups -OCH3 is 2. The molecule has 5 rings (SSSR count). The summed E-state index contributed by atoms with van der Waals surface area (Å²) in [5, 5.41) is 10.2. The number of carboxylic acid groups (broad SMARTS) is 1. The van der Waals surface area contributed by atoms with Crippen LogP contribution >= 0.6 is 11.6 Å². The van der Waals surface area contributed by atoms with Gasteiger partial charge in [0.1, 0.15) is 18.0 Å². The van der Waals surface area contributed by atoms with Gasteiger partial charge in [-0.1, -0.05) is 11.6 Å². The molecule has 0 bridgehead atoms. The summed E-state index contributed by atoms with van der Waals surface area (Å²) in [6.07, 6.45) is -0.612. The zero-order chi connectivity index (χ0) is 28.1. The van der Waals surface area contributed by atoms with Crippen LogP contribution < -0.4 is 13.8 Å². The SMILES string of the molecule is COc1ccc(S(=O)(=O)N2C(=O)C(c3cccnc3OC)(N3C[C@H](F)C[C@H]3C(=O)O)c3cc(Cl)ccc32)cc1. The highest BCUT2D eigenvalue weighted by Gasteiger charge is 2.64. The molecule has 10 nitrogen and oxygen atoms in total. The molecule has 2 aromatic carbocycles. The van der Waals surface area contributed by atoms with Gasteiger partial charge in [0.15, 0.2) is 5.54 Å². The number of rotatable bonds is 7. The molecule has 3 heterocycles. The van der Waals surface area contributed by atoms with E-state index in [1.807, 2.05) is 0 Å². The number of hydrogen-bond acceptors (Lipinski definition) is 8. The first kappa shape index (κ1) is 26.9. The summed E-state index contributed by atoms with van der Waals surface area (Å²) in [4.78, 5) is 32.2. The lowest BCUT2D eigenvalue weighted by Crippen LogP contribution is -2.58. The predicted octanol–water partition coefficient (Wildman–Crippen LogP) is 3.23. The van der Waals surface area contributed by atoms with E-state index in [0.717, 1.165) is 0 Å². The number of benzene rings is 2. The monoisotopic (exact) mass is 575 g/mol. The van der Waals surface area contributed by atoms with Crippen LogP contribution in [0.15, 0.2) is 65.7 Å². The Balaban J connectivity index is 1.85. The molecule has 204 valence electrons. The van der Waals surface area contributed by atoms with Crippen LogP contribution in [0.2, 0.25) is 5.02 Å². The summed E-state index contributed by atoms with van der Waals surface area (Å²) < 4.78 is 54.2. The largest absolute Gasteiger partial charge is 0.497 e. The zero-order valence-corrected chi connectivity index (χ0v) is 22.3. The molecule has 0 aliphatic carbocycles. The zero-order valence-electron chi connectivity index (χ0n) is 20.7. The molecule has 2 aliphatic heterocycles. The number of alkyl halides is 1. The summed E-state index contributed by atoms with van der Waals surface area (Å²) in [7, 11) is -1.83. The third kappa shape index (κ3) is 4.01. The lowest BCUT2D eigenvalue weighted by molar-refractivity contribution is -0.145. The van der Waals surface area contributed by atoms with E-state index >= 15 is 0 Å². The maximum atomic E-state index is 14.9. The van der Waals surface area contributed by atoms with Crippen LogP contribution in [0.4, 0.5) is 10.1 Å². The van der Waals surface area contributed by atoms with Gasteiger partial charge in [0.25, 0.3) is 15.9 Å². The van der Waals surface area contributed by atoms with Crippen molar-refractivity contribution in [3.05, 3.63) is 76.9 Å². The minimum Gasteiger partial charge on any atom is -0.497 e. The summed E-state index contributed by atoms with van der Waals surface area (Å²) in [5.74, 6) is -2.07. The van der Waals surface area contributed by atoms with Crippen LogP contribution in [-0.4, -0.2) is 68.3 Å². The van der Waals surface area contributed by atoms with Crippen LogP contribution in [0.1, 0.15) is 17.5 Å². The Labute approximate surface area is 228 Å². The fourth-order valence-corrected chi connectivity index (χ4v) is 6.98. The molecule has 1 unspecified atom stereocenters. The Kier molecular flexibility index (Phi) is 6.73. The number of hydrogen-bond donors (Lipinski definition) is 1. The topological polar surface area (TPSA) is 126 Å².